The molecule has 1 fully saturated rings. The van der Waals surface area contributed by atoms with Crippen molar-refractivity contribution in [1.82, 2.24) is 0 Å². The zero-order valence-electron chi connectivity index (χ0n) is 14.8. The molecule has 8 heteroatoms. The molecule has 0 amide bonds. The fraction of sp³-hybridized carbons (Fsp3) is 0.933. The highest BCUT2D eigenvalue weighted by atomic mass is 28.4. The first-order valence-electron chi connectivity index (χ1n) is 8.16. The normalized spacial score (nSPS) is 31.7. The van der Waals surface area contributed by atoms with E-state index in [-0.39, 0.29) is 18.9 Å². The van der Waals surface area contributed by atoms with Crippen LogP contribution < -0.4 is 11.5 Å². The van der Waals surface area contributed by atoms with Crippen molar-refractivity contribution in [3.63, 3.8) is 0 Å². The molecule has 0 aliphatic carbocycles. The van der Waals surface area contributed by atoms with Crippen LogP contribution in [0.15, 0.2) is 0 Å². The van der Waals surface area contributed by atoms with E-state index in [2.05, 4.69) is 0 Å². The standard InChI is InChI=1S/C15H32N2O5Si/c1-5-14(17)7-6-8-23(21-3,22-4)15(14,20-2)10-12(11-16)9-13(18)19/h12H,5-11,16-17H2,1-4H3,(H,18,19). The fourth-order valence-electron chi connectivity index (χ4n) is 4.19. The Morgan fingerprint density at radius 3 is 2.35 bits per heavy atom. The molecule has 0 aromatic carbocycles. The van der Waals surface area contributed by atoms with Gasteiger partial charge < -0.3 is 30.2 Å². The molecule has 0 saturated carbocycles. The zero-order chi connectivity index (χ0) is 17.7. The van der Waals surface area contributed by atoms with E-state index < -0.39 is 25.3 Å². The van der Waals surface area contributed by atoms with Crippen LogP contribution in [0.3, 0.4) is 0 Å². The monoisotopic (exact) mass is 348 g/mol. The highest BCUT2D eigenvalue weighted by Gasteiger charge is 2.68. The van der Waals surface area contributed by atoms with Crippen LogP contribution in [0.5, 0.6) is 0 Å². The maximum Gasteiger partial charge on any atom is 0.372 e. The quantitative estimate of drug-likeness (QED) is 0.532. The van der Waals surface area contributed by atoms with E-state index in [1.807, 2.05) is 6.92 Å². The number of methoxy groups -OCH3 is 1. The third kappa shape index (κ3) is 3.47. The number of carboxylic acid groups (broad SMARTS) is 1. The van der Waals surface area contributed by atoms with Crippen molar-refractivity contribution in [2.75, 3.05) is 27.9 Å². The summed E-state index contributed by atoms with van der Waals surface area (Å²) in [6.45, 7) is 2.29. The number of carboxylic acids is 1. The molecule has 5 N–H and O–H groups in total. The average molecular weight is 349 g/mol. The lowest BCUT2D eigenvalue weighted by atomic mass is 9.79. The lowest BCUT2D eigenvalue weighted by Gasteiger charge is -2.58. The largest absolute Gasteiger partial charge is 0.481 e. The highest BCUT2D eigenvalue weighted by molar-refractivity contribution is 6.71. The molecule has 0 aromatic rings. The molecule has 1 heterocycles. The minimum absolute atomic E-state index is 0.0146. The number of rotatable bonds is 9. The first kappa shape index (κ1) is 20.5. The van der Waals surface area contributed by atoms with Crippen LogP contribution in [0.4, 0.5) is 0 Å². The molecule has 23 heavy (non-hydrogen) atoms. The smallest absolute Gasteiger partial charge is 0.372 e. The van der Waals surface area contributed by atoms with E-state index in [9.17, 15) is 4.79 Å². The minimum Gasteiger partial charge on any atom is -0.481 e. The van der Waals surface area contributed by atoms with Crippen LogP contribution >= 0.6 is 0 Å². The third-order valence-electron chi connectivity index (χ3n) is 5.56. The van der Waals surface area contributed by atoms with Gasteiger partial charge in [0.15, 0.2) is 0 Å². The van der Waals surface area contributed by atoms with E-state index in [4.69, 9.17) is 30.2 Å². The highest BCUT2D eigenvalue weighted by Crippen LogP contribution is 2.49. The summed E-state index contributed by atoms with van der Waals surface area (Å²) in [4.78, 5) is 11.2. The summed E-state index contributed by atoms with van der Waals surface area (Å²) >= 11 is 0. The summed E-state index contributed by atoms with van der Waals surface area (Å²) in [5.41, 5.74) is 12.0. The Morgan fingerprint density at radius 1 is 1.35 bits per heavy atom. The molecule has 1 rings (SSSR count). The SMILES string of the molecule is CCC1(N)CCC[Si](OC)(OC)C1(CC(CN)CC(=O)O)OC. The fourth-order valence-corrected chi connectivity index (χ4v) is 8.44. The summed E-state index contributed by atoms with van der Waals surface area (Å²) in [6.07, 6.45) is 2.83. The number of ether oxygens (including phenoxy) is 1. The van der Waals surface area contributed by atoms with E-state index in [0.29, 0.717) is 12.8 Å². The number of hydrogen-bond donors (Lipinski definition) is 3. The van der Waals surface area contributed by atoms with Crippen molar-refractivity contribution in [3.8, 4) is 0 Å². The second-order valence-corrected chi connectivity index (χ2v) is 10.1. The molecule has 7 nitrogen and oxygen atoms in total. The Morgan fingerprint density at radius 2 is 1.96 bits per heavy atom. The minimum atomic E-state index is -2.79. The van der Waals surface area contributed by atoms with Crippen molar-refractivity contribution >= 4 is 14.5 Å². The number of nitrogens with two attached hydrogens (primary N) is 2. The molecule has 0 radical (unpaired) electrons. The number of aliphatic carboxylic acids is 1. The van der Waals surface area contributed by atoms with Gasteiger partial charge in [-0.05, 0) is 44.2 Å². The van der Waals surface area contributed by atoms with Crippen LogP contribution in [0, 0.1) is 5.92 Å². The van der Waals surface area contributed by atoms with Gasteiger partial charge in [0.1, 0.15) is 5.22 Å². The number of hydrogen-bond acceptors (Lipinski definition) is 6. The van der Waals surface area contributed by atoms with Crippen LogP contribution in [0.2, 0.25) is 6.04 Å². The summed E-state index contributed by atoms with van der Waals surface area (Å²) < 4.78 is 17.8. The van der Waals surface area contributed by atoms with Gasteiger partial charge >= 0.3 is 14.5 Å². The zero-order valence-corrected chi connectivity index (χ0v) is 15.8. The summed E-state index contributed by atoms with van der Waals surface area (Å²) in [5.74, 6) is -1.11. The Kier molecular flexibility index (Phi) is 7.18. The first-order valence-corrected chi connectivity index (χ1v) is 10.2. The molecule has 0 spiro atoms. The van der Waals surface area contributed by atoms with Gasteiger partial charge in [-0.1, -0.05) is 6.92 Å². The van der Waals surface area contributed by atoms with Gasteiger partial charge in [-0.3, -0.25) is 4.79 Å². The second kappa shape index (κ2) is 8.04. The lowest BCUT2D eigenvalue weighted by Crippen LogP contribution is -2.79. The summed E-state index contributed by atoms with van der Waals surface area (Å²) in [7, 11) is 2.11. The van der Waals surface area contributed by atoms with Gasteiger partial charge in [0, 0.05) is 33.3 Å². The molecular formula is C15H32N2O5Si. The molecule has 0 aromatic heterocycles. The van der Waals surface area contributed by atoms with E-state index >= 15 is 0 Å². The van der Waals surface area contributed by atoms with E-state index in [1.165, 1.54) is 0 Å². The molecular weight excluding hydrogens is 316 g/mol. The Hall–Kier alpha value is -0.513. The van der Waals surface area contributed by atoms with Gasteiger partial charge in [0.05, 0.1) is 0 Å². The molecule has 1 aliphatic rings. The van der Waals surface area contributed by atoms with Crippen molar-refractivity contribution in [3.05, 3.63) is 0 Å². The molecule has 136 valence electrons. The Balaban J connectivity index is 3.36. The maximum absolute atomic E-state index is 11.2. The summed E-state index contributed by atoms with van der Waals surface area (Å²) in [5, 5.41) is 8.33. The van der Waals surface area contributed by atoms with Gasteiger partial charge in [-0.15, -0.1) is 0 Å². The molecule has 3 atom stereocenters. The van der Waals surface area contributed by atoms with Gasteiger partial charge in [0.25, 0.3) is 0 Å². The van der Waals surface area contributed by atoms with E-state index in [1.54, 1.807) is 21.3 Å². The maximum atomic E-state index is 11.2. The Bertz CT molecular complexity index is 407. The average Bonchev–Trinajstić information content (AvgIpc) is 2.55. The van der Waals surface area contributed by atoms with Crippen LogP contribution in [-0.2, 0) is 18.4 Å². The second-order valence-electron chi connectivity index (χ2n) is 6.46. The van der Waals surface area contributed by atoms with Gasteiger partial charge in [0.2, 0.25) is 0 Å². The van der Waals surface area contributed by atoms with Crippen molar-refractivity contribution in [2.45, 2.75) is 55.8 Å². The lowest BCUT2D eigenvalue weighted by molar-refractivity contribution is -0.139. The predicted molar refractivity (Wildman–Crippen MR) is 90.2 cm³/mol. The van der Waals surface area contributed by atoms with Crippen LogP contribution in [-0.4, -0.2) is 58.3 Å². The van der Waals surface area contributed by atoms with Crippen LogP contribution in [0.1, 0.15) is 39.0 Å². The molecule has 1 aliphatic heterocycles. The molecule has 0 bridgehead atoms. The molecule has 1 saturated heterocycles. The third-order valence-corrected chi connectivity index (χ3v) is 10.0. The number of carbonyl (C=O) groups is 1. The first-order chi connectivity index (χ1) is 10.8. The summed E-state index contributed by atoms with van der Waals surface area (Å²) in [6, 6.07) is 0.775. The van der Waals surface area contributed by atoms with Crippen molar-refractivity contribution in [2.24, 2.45) is 17.4 Å². The molecule has 3 unspecified atom stereocenters. The predicted octanol–water partition coefficient (Wildman–Crippen LogP) is 0.987. The van der Waals surface area contributed by atoms with Crippen molar-refractivity contribution in [1.29, 1.82) is 0 Å². The van der Waals surface area contributed by atoms with Gasteiger partial charge in [-0.2, -0.15) is 0 Å². The Labute approximate surface area is 139 Å². The van der Waals surface area contributed by atoms with Crippen LogP contribution in [0.25, 0.3) is 0 Å². The van der Waals surface area contributed by atoms with Gasteiger partial charge in [-0.25, -0.2) is 0 Å². The van der Waals surface area contributed by atoms with Crippen molar-refractivity contribution < 1.29 is 23.5 Å². The van der Waals surface area contributed by atoms with E-state index in [0.717, 1.165) is 18.9 Å². The topological polar surface area (TPSA) is 117 Å².